The van der Waals surface area contributed by atoms with Crippen LogP contribution in [0, 0.1) is 23.0 Å². The lowest BCUT2D eigenvalue weighted by Gasteiger charge is -2.37. The molecule has 3 rings (SSSR count). The molecule has 2 aromatic rings. The van der Waals surface area contributed by atoms with Crippen LogP contribution >= 0.6 is 0 Å². The van der Waals surface area contributed by atoms with Gasteiger partial charge < -0.3 is 14.6 Å². The normalized spacial score (nSPS) is 13.8. The van der Waals surface area contributed by atoms with E-state index in [0.29, 0.717) is 49.3 Å². The number of hydrogen-bond donors (Lipinski definition) is 0. The van der Waals surface area contributed by atoms with Crippen molar-refractivity contribution in [3.63, 3.8) is 0 Å². The molecular weight excluding hydrogens is 464 g/mol. The summed E-state index contributed by atoms with van der Waals surface area (Å²) in [6, 6.07) is 9.54. The van der Waals surface area contributed by atoms with Gasteiger partial charge in [-0.25, -0.2) is 8.78 Å². The Morgan fingerprint density at radius 1 is 1.00 bits per heavy atom. The zero-order chi connectivity index (χ0) is 26.8. The maximum Gasteiger partial charge on any atom is 0.151 e. The van der Waals surface area contributed by atoms with Crippen molar-refractivity contribution in [2.75, 3.05) is 36.0 Å². The largest absolute Gasteiger partial charge is 0.368 e. The van der Waals surface area contributed by atoms with Gasteiger partial charge in [-0.3, -0.25) is 9.59 Å². The second-order valence-electron chi connectivity index (χ2n) is 8.91. The number of anilines is 2. The minimum atomic E-state index is -0.997. The van der Waals surface area contributed by atoms with Crippen molar-refractivity contribution in [3.8, 4) is 6.07 Å². The van der Waals surface area contributed by atoms with Crippen LogP contribution in [0.15, 0.2) is 30.3 Å². The molecule has 0 saturated carbocycles. The Balaban J connectivity index is 0.00000145. The molecular formula is C28H33F2N3O3. The van der Waals surface area contributed by atoms with Gasteiger partial charge in [0.25, 0.3) is 0 Å². The van der Waals surface area contributed by atoms with Crippen molar-refractivity contribution in [3.05, 3.63) is 58.7 Å². The third kappa shape index (κ3) is 7.20. The van der Waals surface area contributed by atoms with E-state index in [0.717, 1.165) is 5.69 Å². The molecule has 0 spiro atoms. The van der Waals surface area contributed by atoms with Crippen LogP contribution in [0.2, 0.25) is 0 Å². The van der Waals surface area contributed by atoms with Gasteiger partial charge >= 0.3 is 0 Å². The summed E-state index contributed by atoms with van der Waals surface area (Å²) in [5.74, 6) is -3.10. The van der Waals surface area contributed by atoms with E-state index < -0.39 is 17.6 Å². The van der Waals surface area contributed by atoms with E-state index in [1.807, 2.05) is 15.9 Å². The number of piperazine rings is 1. The molecule has 0 aromatic heterocycles. The van der Waals surface area contributed by atoms with E-state index in [-0.39, 0.29) is 30.0 Å². The van der Waals surface area contributed by atoms with Crippen molar-refractivity contribution < 1.29 is 23.2 Å². The Bertz CT molecular complexity index is 1110. The van der Waals surface area contributed by atoms with Crippen LogP contribution in [-0.2, 0) is 9.59 Å². The fraction of sp³-hybridized carbons (Fsp3) is 0.429. The van der Waals surface area contributed by atoms with Crippen molar-refractivity contribution in [2.45, 2.75) is 52.9 Å². The zero-order valence-electron chi connectivity index (χ0n) is 21.3. The van der Waals surface area contributed by atoms with Gasteiger partial charge in [-0.15, -0.1) is 0 Å². The highest BCUT2D eigenvalue weighted by atomic mass is 19.1. The molecule has 1 saturated heterocycles. The summed E-state index contributed by atoms with van der Waals surface area (Å²) in [4.78, 5) is 38.2. The Hall–Kier alpha value is -3.60. The molecule has 2 aromatic carbocycles. The molecule has 0 aliphatic carbocycles. The van der Waals surface area contributed by atoms with Crippen molar-refractivity contribution in [1.29, 1.82) is 5.26 Å². The number of hydrogen-bond acceptors (Lipinski definition) is 6. The van der Waals surface area contributed by atoms with Crippen molar-refractivity contribution in [1.82, 2.24) is 0 Å². The van der Waals surface area contributed by atoms with Crippen LogP contribution in [0.3, 0.4) is 0 Å². The molecule has 8 heteroatoms. The monoisotopic (exact) mass is 497 g/mol. The molecule has 0 bridgehead atoms. The van der Waals surface area contributed by atoms with Crippen LogP contribution < -0.4 is 9.80 Å². The SMILES string of the molecule is CC(=O)CCC(C(C)=O)c1c(F)cc(N2CCN(c3ccc(C=O)c(C#N)c3)CC2)cc1F.CCC. The fourth-order valence-electron chi connectivity index (χ4n) is 4.15. The zero-order valence-corrected chi connectivity index (χ0v) is 21.3. The van der Waals surface area contributed by atoms with Gasteiger partial charge in [0.1, 0.15) is 23.2 Å². The van der Waals surface area contributed by atoms with Gasteiger partial charge in [0.15, 0.2) is 6.29 Å². The number of benzene rings is 2. The standard InChI is InChI=1S/C25H25F2N3O3.C3H8/c1-16(32)3-6-22(17(2)33)25-23(26)12-21(13-24(25)27)30-9-7-29(8-10-30)20-5-4-18(15-31)19(11-20)14-28;1-3-2/h4-5,11-13,15,22H,3,6-10H2,1-2H3;3H2,1-2H3. The Labute approximate surface area is 211 Å². The topological polar surface area (TPSA) is 81.5 Å². The van der Waals surface area contributed by atoms with Crippen LogP contribution in [0.5, 0.6) is 0 Å². The van der Waals surface area contributed by atoms with Gasteiger partial charge in [0, 0.05) is 61.0 Å². The Morgan fingerprint density at radius 2 is 1.53 bits per heavy atom. The van der Waals surface area contributed by atoms with Crippen molar-refractivity contribution >= 4 is 29.2 Å². The first-order chi connectivity index (χ1) is 17.2. The molecule has 1 heterocycles. The number of Topliss-reactive ketones (excluding diaryl/α,β-unsaturated/α-hetero) is 2. The number of carbonyl (C=O) groups excluding carboxylic acids is 3. The quantitative estimate of drug-likeness (QED) is 0.452. The molecule has 192 valence electrons. The van der Waals surface area contributed by atoms with Gasteiger partial charge in [0.05, 0.1) is 11.6 Å². The molecule has 1 fully saturated rings. The van der Waals surface area contributed by atoms with Crippen LogP contribution in [0.1, 0.15) is 74.4 Å². The van der Waals surface area contributed by atoms with E-state index in [2.05, 4.69) is 13.8 Å². The fourth-order valence-corrected chi connectivity index (χ4v) is 4.15. The highest BCUT2D eigenvalue weighted by Gasteiger charge is 2.27. The summed E-state index contributed by atoms with van der Waals surface area (Å²) in [6.07, 6.45) is 2.04. The summed E-state index contributed by atoms with van der Waals surface area (Å²) < 4.78 is 29.8. The number of aldehydes is 1. The Kier molecular flexibility index (Phi) is 10.7. The minimum Gasteiger partial charge on any atom is -0.368 e. The van der Waals surface area contributed by atoms with Gasteiger partial charge in [-0.2, -0.15) is 5.26 Å². The summed E-state index contributed by atoms with van der Waals surface area (Å²) in [5.41, 5.74) is 1.54. The van der Waals surface area contributed by atoms with E-state index in [1.165, 1.54) is 32.4 Å². The van der Waals surface area contributed by atoms with Gasteiger partial charge in [-0.05, 0) is 50.6 Å². The second kappa shape index (κ2) is 13.5. The molecule has 1 aliphatic rings. The number of halogens is 2. The Morgan fingerprint density at radius 3 is 1.97 bits per heavy atom. The smallest absolute Gasteiger partial charge is 0.151 e. The predicted molar refractivity (Wildman–Crippen MR) is 137 cm³/mol. The average Bonchev–Trinajstić information content (AvgIpc) is 2.85. The molecule has 36 heavy (non-hydrogen) atoms. The lowest BCUT2D eigenvalue weighted by molar-refractivity contribution is -0.119. The number of carbonyl (C=O) groups is 3. The summed E-state index contributed by atoms with van der Waals surface area (Å²) in [5, 5.41) is 9.23. The molecule has 6 nitrogen and oxygen atoms in total. The number of nitriles is 1. The molecule has 1 atom stereocenters. The molecule has 0 amide bonds. The minimum absolute atomic E-state index is 0.0735. The van der Waals surface area contributed by atoms with Crippen molar-refractivity contribution in [2.24, 2.45) is 0 Å². The van der Waals surface area contributed by atoms with E-state index in [4.69, 9.17) is 0 Å². The highest BCUT2D eigenvalue weighted by Crippen LogP contribution is 2.32. The first kappa shape index (κ1) is 28.6. The predicted octanol–water partition coefficient (Wildman–Crippen LogP) is 5.43. The van der Waals surface area contributed by atoms with Crippen LogP contribution in [0.25, 0.3) is 0 Å². The molecule has 0 radical (unpaired) electrons. The molecule has 0 N–H and O–H groups in total. The second-order valence-corrected chi connectivity index (χ2v) is 8.91. The maximum absolute atomic E-state index is 14.9. The third-order valence-electron chi connectivity index (χ3n) is 5.98. The first-order valence-corrected chi connectivity index (χ1v) is 12.1. The van der Waals surface area contributed by atoms with Gasteiger partial charge in [0.2, 0.25) is 0 Å². The van der Waals surface area contributed by atoms with Crippen LogP contribution in [-0.4, -0.2) is 44.0 Å². The first-order valence-electron chi connectivity index (χ1n) is 12.1. The maximum atomic E-state index is 14.9. The van der Waals surface area contributed by atoms with E-state index in [1.54, 1.807) is 18.2 Å². The summed E-state index contributed by atoms with van der Waals surface area (Å²) in [6.45, 7) is 9.02. The lowest BCUT2D eigenvalue weighted by atomic mass is 9.89. The van der Waals surface area contributed by atoms with E-state index in [9.17, 15) is 28.4 Å². The highest BCUT2D eigenvalue weighted by molar-refractivity contribution is 5.85. The lowest BCUT2D eigenvalue weighted by Crippen LogP contribution is -2.46. The van der Waals surface area contributed by atoms with E-state index >= 15 is 0 Å². The number of ketones is 2. The molecule has 1 aliphatic heterocycles. The van der Waals surface area contributed by atoms with Gasteiger partial charge in [-0.1, -0.05) is 20.3 Å². The number of nitrogens with zero attached hydrogens (tertiary/aromatic N) is 3. The average molecular weight is 498 g/mol. The third-order valence-corrected chi connectivity index (χ3v) is 5.98. The summed E-state index contributed by atoms with van der Waals surface area (Å²) >= 11 is 0. The summed E-state index contributed by atoms with van der Waals surface area (Å²) in [7, 11) is 0. The van der Waals surface area contributed by atoms with Crippen LogP contribution in [0.4, 0.5) is 20.2 Å². The number of rotatable bonds is 8. The molecule has 1 unspecified atom stereocenters.